The van der Waals surface area contributed by atoms with Gasteiger partial charge in [-0.1, -0.05) is 125 Å². The molecule has 6 aromatic rings. The third kappa shape index (κ3) is 8.48. The Hall–Kier alpha value is -5.91. The van der Waals surface area contributed by atoms with Crippen molar-refractivity contribution in [3.8, 4) is 11.5 Å². The van der Waals surface area contributed by atoms with Crippen molar-refractivity contribution >= 4 is 37.6 Å². The van der Waals surface area contributed by atoms with Crippen LogP contribution in [0.15, 0.2) is 168 Å². The number of amides is 2. The van der Waals surface area contributed by atoms with E-state index in [4.69, 9.17) is 8.37 Å². The van der Waals surface area contributed by atoms with Gasteiger partial charge in [-0.25, -0.2) is 4.79 Å². The van der Waals surface area contributed by atoms with Crippen LogP contribution < -0.4 is 19.0 Å². The minimum atomic E-state index is -4.25. The fourth-order valence-corrected chi connectivity index (χ4v) is 7.86. The molecule has 0 aliphatic carbocycles. The summed E-state index contributed by atoms with van der Waals surface area (Å²) >= 11 is 0. The van der Waals surface area contributed by atoms with Crippen LogP contribution in [0.3, 0.4) is 0 Å². The predicted octanol–water partition coefficient (Wildman–Crippen LogP) is 9.52. The minimum Gasteiger partial charge on any atom is -0.379 e. The second-order valence-corrected chi connectivity index (χ2v) is 16.8. The highest BCUT2D eigenvalue weighted by Crippen LogP contribution is 2.34. The lowest BCUT2D eigenvalue weighted by atomic mass is 9.78. The molecule has 2 amide bonds. The molecular formula is C43H40N2O7S2. The number of rotatable bonds is 12. The first kappa shape index (κ1) is 37.8. The van der Waals surface area contributed by atoms with Gasteiger partial charge in [-0.15, -0.1) is 0 Å². The largest absolute Gasteiger partial charge is 0.379 e. The van der Waals surface area contributed by atoms with Gasteiger partial charge in [0.1, 0.15) is 15.5 Å². The lowest BCUT2D eigenvalue weighted by Gasteiger charge is -2.26. The Labute approximate surface area is 316 Å². The van der Waals surface area contributed by atoms with Crippen LogP contribution in [0.1, 0.15) is 49.9 Å². The number of nitrogens with one attached hydrogen (secondary N) is 2. The molecule has 0 aromatic heterocycles. The highest BCUT2D eigenvalue weighted by atomic mass is 32.2. The standard InChI is InChI=1S/C43H40N2O7S2/c1-42(2,31-13-7-5-8-14-31)33-19-27-37(28-20-33)53(47,48)51-36-25-23-35(24-26-36)44-41(46)45-39-17-11-12-18-40(39)52-54(49,50)38-29-21-34(22-30-38)43(3,4)32-15-9-6-10-16-32/h5-30H,1-4H3,(H2,44,45,46). The van der Waals surface area contributed by atoms with E-state index in [9.17, 15) is 21.6 Å². The second kappa shape index (κ2) is 15.2. The molecule has 6 aromatic carbocycles. The first-order valence-corrected chi connectivity index (χ1v) is 19.9. The smallest absolute Gasteiger partial charge is 0.339 e. The number of para-hydroxylation sites is 2. The van der Waals surface area contributed by atoms with E-state index in [-0.39, 0.29) is 37.8 Å². The molecule has 11 heteroatoms. The first-order chi connectivity index (χ1) is 25.6. The third-order valence-electron chi connectivity index (χ3n) is 9.37. The van der Waals surface area contributed by atoms with E-state index in [1.807, 2.05) is 60.7 Å². The van der Waals surface area contributed by atoms with Crippen LogP contribution >= 0.6 is 0 Å². The van der Waals surface area contributed by atoms with Gasteiger partial charge < -0.3 is 19.0 Å². The van der Waals surface area contributed by atoms with Gasteiger partial charge in [-0.05, 0) is 82.9 Å². The monoisotopic (exact) mass is 760 g/mol. The predicted molar refractivity (Wildman–Crippen MR) is 211 cm³/mol. The van der Waals surface area contributed by atoms with Crippen molar-refractivity contribution in [2.75, 3.05) is 10.6 Å². The number of benzene rings is 6. The van der Waals surface area contributed by atoms with Crippen molar-refractivity contribution in [3.63, 3.8) is 0 Å². The van der Waals surface area contributed by atoms with Gasteiger partial charge in [0, 0.05) is 16.5 Å². The van der Waals surface area contributed by atoms with E-state index in [0.717, 1.165) is 22.3 Å². The molecule has 0 radical (unpaired) electrons. The molecule has 0 saturated carbocycles. The summed E-state index contributed by atoms with van der Waals surface area (Å²) in [5.41, 5.74) is 3.83. The number of hydrogen-bond donors (Lipinski definition) is 2. The van der Waals surface area contributed by atoms with Crippen LogP contribution in [0.25, 0.3) is 0 Å². The molecule has 2 N–H and O–H groups in total. The Bertz CT molecular complexity index is 2450. The van der Waals surface area contributed by atoms with Gasteiger partial charge >= 0.3 is 26.3 Å². The molecule has 0 fully saturated rings. The lowest BCUT2D eigenvalue weighted by Crippen LogP contribution is -2.21. The van der Waals surface area contributed by atoms with Crippen LogP contribution in [0.2, 0.25) is 0 Å². The third-order valence-corrected chi connectivity index (χ3v) is 11.9. The summed E-state index contributed by atoms with van der Waals surface area (Å²) in [7, 11) is -8.39. The van der Waals surface area contributed by atoms with Crippen LogP contribution in [-0.2, 0) is 31.1 Å². The van der Waals surface area contributed by atoms with Crippen molar-refractivity contribution < 1.29 is 30.0 Å². The van der Waals surface area contributed by atoms with Crippen LogP contribution in [0.5, 0.6) is 11.5 Å². The van der Waals surface area contributed by atoms with Crippen molar-refractivity contribution in [3.05, 3.63) is 180 Å². The molecular weight excluding hydrogens is 721 g/mol. The highest BCUT2D eigenvalue weighted by molar-refractivity contribution is 7.87. The molecule has 276 valence electrons. The number of anilines is 2. The van der Waals surface area contributed by atoms with E-state index in [2.05, 4.69) is 38.3 Å². The Morgan fingerprint density at radius 2 is 0.870 bits per heavy atom. The van der Waals surface area contributed by atoms with Gasteiger partial charge in [0.25, 0.3) is 0 Å². The van der Waals surface area contributed by atoms with Crippen LogP contribution in [0, 0.1) is 0 Å². The zero-order valence-corrected chi connectivity index (χ0v) is 31.8. The number of carbonyl (C=O) groups is 1. The molecule has 0 aliphatic rings. The molecule has 6 rings (SSSR count). The average Bonchev–Trinajstić information content (AvgIpc) is 3.17. The summed E-state index contributed by atoms with van der Waals surface area (Å²) < 4.78 is 63.6. The zero-order valence-electron chi connectivity index (χ0n) is 30.2. The van der Waals surface area contributed by atoms with Crippen molar-refractivity contribution in [1.82, 2.24) is 0 Å². The quantitative estimate of drug-likeness (QED) is 0.119. The Morgan fingerprint density at radius 3 is 1.35 bits per heavy atom. The summed E-state index contributed by atoms with van der Waals surface area (Å²) in [4.78, 5) is 12.9. The summed E-state index contributed by atoms with van der Waals surface area (Å²) in [6.07, 6.45) is 0. The maximum Gasteiger partial charge on any atom is 0.339 e. The number of urea groups is 1. The van der Waals surface area contributed by atoms with Gasteiger partial charge in [-0.2, -0.15) is 16.8 Å². The average molecular weight is 761 g/mol. The Balaban J connectivity index is 1.07. The second-order valence-electron chi connectivity index (χ2n) is 13.7. The molecule has 0 atom stereocenters. The molecule has 0 bridgehead atoms. The lowest BCUT2D eigenvalue weighted by molar-refractivity contribution is 0.262. The van der Waals surface area contributed by atoms with Crippen LogP contribution in [0.4, 0.5) is 16.2 Å². The van der Waals surface area contributed by atoms with E-state index in [0.29, 0.717) is 5.69 Å². The maximum atomic E-state index is 13.3. The Kier molecular flexibility index (Phi) is 10.7. The highest BCUT2D eigenvalue weighted by Gasteiger charge is 2.26. The summed E-state index contributed by atoms with van der Waals surface area (Å²) in [6.45, 7) is 8.28. The van der Waals surface area contributed by atoms with Crippen molar-refractivity contribution in [1.29, 1.82) is 0 Å². The van der Waals surface area contributed by atoms with Crippen molar-refractivity contribution in [2.45, 2.75) is 48.3 Å². The topological polar surface area (TPSA) is 128 Å². The van der Waals surface area contributed by atoms with Gasteiger partial charge in [0.2, 0.25) is 0 Å². The van der Waals surface area contributed by atoms with Crippen LogP contribution in [-0.4, -0.2) is 22.9 Å². The molecule has 9 nitrogen and oxygen atoms in total. The summed E-state index contributed by atoms with van der Waals surface area (Å²) in [5, 5.41) is 5.25. The minimum absolute atomic E-state index is 0.00334. The van der Waals surface area contributed by atoms with Gasteiger partial charge in [-0.3, -0.25) is 0 Å². The van der Waals surface area contributed by atoms with E-state index in [1.165, 1.54) is 60.7 Å². The number of carbonyl (C=O) groups excluding carboxylic acids is 1. The molecule has 0 spiro atoms. The van der Waals surface area contributed by atoms with Gasteiger partial charge in [0.05, 0.1) is 5.69 Å². The fraction of sp³-hybridized carbons (Fsp3) is 0.140. The van der Waals surface area contributed by atoms with E-state index in [1.54, 1.807) is 36.4 Å². The fourth-order valence-electron chi connectivity index (χ4n) is 5.98. The molecule has 54 heavy (non-hydrogen) atoms. The molecule has 0 unspecified atom stereocenters. The SMILES string of the molecule is CC(C)(c1ccccc1)c1ccc(S(=O)(=O)Oc2ccc(NC(=O)Nc3ccccc3OS(=O)(=O)c3ccc(C(C)(C)c4ccccc4)cc3)cc2)cc1. The normalized spacial score (nSPS) is 12.1. The maximum absolute atomic E-state index is 13.3. The number of hydrogen-bond acceptors (Lipinski definition) is 7. The van der Waals surface area contributed by atoms with E-state index < -0.39 is 26.3 Å². The van der Waals surface area contributed by atoms with E-state index >= 15 is 0 Å². The first-order valence-electron chi connectivity index (χ1n) is 17.1. The molecule has 0 saturated heterocycles. The van der Waals surface area contributed by atoms with Gasteiger partial charge in [0.15, 0.2) is 5.75 Å². The molecule has 0 heterocycles. The summed E-state index contributed by atoms with van der Waals surface area (Å²) in [5.74, 6) is -0.0257. The Morgan fingerprint density at radius 1 is 0.463 bits per heavy atom. The molecule has 0 aliphatic heterocycles. The summed E-state index contributed by atoms with van der Waals surface area (Å²) in [6, 6.07) is 44.2. The van der Waals surface area contributed by atoms with Crippen molar-refractivity contribution in [2.24, 2.45) is 0 Å². The zero-order chi connectivity index (χ0) is 38.6.